The van der Waals surface area contributed by atoms with Crippen LogP contribution in [0.5, 0.6) is 0 Å². The highest BCUT2D eigenvalue weighted by Crippen LogP contribution is 2.14. The van der Waals surface area contributed by atoms with Crippen molar-refractivity contribution < 1.29 is 0 Å². The Kier molecular flexibility index (Phi) is 2.90. The molecule has 0 aliphatic carbocycles. The Hall–Kier alpha value is -1.84. The van der Waals surface area contributed by atoms with Crippen molar-refractivity contribution in [3.63, 3.8) is 0 Å². The molecule has 2 rings (SSSR count). The van der Waals surface area contributed by atoms with Crippen molar-refractivity contribution in [1.29, 1.82) is 0 Å². The Morgan fingerprint density at radius 3 is 2.44 bits per heavy atom. The van der Waals surface area contributed by atoms with Crippen LogP contribution in [0.4, 0.5) is 5.69 Å². The summed E-state index contributed by atoms with van der Waals surface area (Å²) in [7, 11) is 1.87. The molecule has 0 aliphatic rings. The molecule has 0 fully saturated rings. The maximum absolute atomic E-state index is 4.03. The van der Waals surface area contributed by atoms with Crippen molar-refractivity contribution in [2.24, 2.45) is 7.05 Å². The molecule has 0 bridgehead atoms. The van der Waals surface area contributed by atoms with E-state index in [0.717, 1.165) is 11.4 Å². The van der Waals surface area contributed by atoms with Crippen molar-refractivity contribution in [1.82, 2.24) is 15.0 Å². The lowest BCUT2D eigenvalue weighted by atomic mass is 10.1. The number of nitrogens with zero attached hydrogens (tertiary/aromatic N) is 3. The number of hydrogen-bond acceptors (Lipinski definition) is 3. The van der Waals surface area contributed by atoms with E-state index in [-0.39, 0.29) is 0 Å². The Morgan fingerprint density at radius 2 is 1.88 bits per heavy atom. The molecule has 0 aliphatic heterocycles. The molecule has 4 nitrogen and oxygen atoms in total. The number of anilines is 1. The summed E-state index contributed by atoms with van der Waals surface area (Å²) >= 11 is 0. The van der Waals surface area contributed by atoms with E-state index in [1.807, 2.05) is 13.2 Å². The fraction of sp³-hybridized carbons (Fsp3) is 0.333. The molecule has 0 unspecified atom stereocenters. The van der Waals surface area contributed by atoms with E-state index >= 15 is 0 Å². The number of nitrogens with one attached hydrogen (secondary N) is 1. The van der Waals surface area contributed by atoms with E-state index in [0.29, 0.717) is 6.54 Å². The van der Waals surface area contributed by atoms with Gasteiger partial charge in [-0.15, -0.1) is 5.10 Å². The first kappa shape index (κ1) is 10.7. The molecule has 16 heavy (non-hydrogen) atoms. The van der Waals surface area contributed by atoms with Crippen LogP contribution >= 0.6 is 0 Å². The smallest absolute Gasteiger partial charge is 0.102 e. The monoisotopic (exact) mass is 216 g/mol. The van der Waals surface area contributed by atoms with E-state index < -0.39 is 0 Å². The predicted octanol–water partition coefficient (Wildman–Crippen LogP) is 2.04. The van der Waals surface area contributed by atoms with Crippen LogP contribution in [-0.2, 0) is 13.6 Å². The van der Waals surface area contributed by atoms with Crippen molar-refractivity contribution in [2.45, 2.75) is 20.4 Å². The molecule has 84 valence electrons. The highest BCUT2D eigenvalue weighted by Gasteiger charge is 1.99. The SMILES string of the molecule is Cc1cc(C)cc(NCc2cn(C)nn2)c1. The Morgan fingerprint density at radius 1 is 1.19 bits per heavy atom. The third-order valence-electron chi connectivity index (χ3n) is 2.35. The minimum Gasteiger partial charge on any atom is -0.379 e. The predicted molar refractivity (Wildman–Crippen MR) is 64.2 cm³/mol. The zero-order valence-electron chi connectivity index (χ0n) is 9.86. The topological polar surface area (TPSA) is 42.7 Å². The Labute approximate surface area is 95.3 Å². The van der Waals surface area contributed by atoms with Gasteiger partial charge < -0.3 is 5.32 Å². The van der Waals surface area contributed by atoms with Crippen molar-refractivity contribution in [3.05, 3.63) is 41.2 Å². The van der Waals surface area contributed by atoms with Gasteiger partial charge in [0.05, 0.1) is 6.54 Å². The molecule has 4 heteroatoms. The maximum Gasteiger partial charge on any atom is 0.102 e. The fourth-order valence-electron chi connectivity index (χ4n) is 1.75. The summed E-state index contributed by atoms with van der Waals surface area (Å²) in [5.41, 5.74) is 4.60. The Balaban J connectivity index is 2.04. The lowest BCUT2D eigenvalue weighted by Gasteiger charge is -2.06. The van der Waals surface area contributed by atoms with E-state index in [4.69, 9.17) is 0 Å². The normalized spacial score (nSPS) is 10.4. The van der Waals surface area contributed by atoms with Crippen molar-refractivity contribution >= 4 is 5.69 Å². The summed E-state index contributed by atoms with van der Waals surface area (Å²) in [5.74, 6) is 0. The van der Waals surface area contributed by atoms with E-state index in [9.17, 15) is 0 Å². The van der Waals surface area contributed by atoms with Crippen LogP contribution in [0.25, 0.3) is 0 Å². The number of benzene rings is 1. The van der Waals surface area contributed by atoms with Gasteiger partial charge in [-0.25, -0.2) is 0 Å². The minimum absolute atomic E-state index is 0.705. The van der Waals surface area contributed by atoms with Crippen LogP contribution in [-0.4, -0.2) is 15.0 Å². The molecule has 0 atom stereocenters. The summed E-state index contributed by atoms with van der Waals surface area (Å²) in [6, 6.07) is 6.42. The van der Waals surface area contributed by atoms with Gasteiger partial charge in [-0.1, -0.05) is 11.3 Å². The fourth-order valence-corrected chi connectivity index (χ4v) is 1.75. The van der Waals surface area contributed by atoms with Gasteiger partial charge in [-0.3, -0.25) is 4.68 Å². The van der Waals surface area contributed by atoms with E-state index in [1.54, 1.807) is 4.68 Å². The third-order valence-corrected chi connectivity index (χ3v) is 2.35. The first-order chi connectivity index (χ1) is 7.63. The van der Waals surface area contributed by atoms with Gasteiger partial charge in [0, 0.05) is 18.9 Å². The van der Waals surface area contributed by atoms with Crippen molar-refractivity contribution in [3.8, 4) is 0 Å². The van der Waals surface area contributed by atoms with Crippen molar-refractivity contribution in [2.75, 3.05) is 5.32 Å². The molecule has 1 N–H and O–H groups in total. The second-order valence-corrected chi connectivity index (χ2v) is 4.11. The number of hydrogen-bond donors (Lipinski definition) is 1. The van der Waals surface area contributed by atoms with Gasteiger partial charge in [-0.05, 0) is 37.1 Å². The summed E-state index contributed by atoms with van der Waals surface area (Å²) < 4.78 is 1.71. The molecule has 0 spiro atoms. The average molecular weight is 216 g/mol. The van der Waals surface area contributed by atoms with Crippen LogP contribution in [0.15, 0.2) is 24.4 Å². The first-order valence-corrected chi connectivity index (χ1v) is 5.31. The highest BCUT2D eigenvalue weighted by atomic mass is 15.4. The molecular weight excluding hydrogens is 200 g/mol. The molecular formula is C12H16N4. The zero-order valence-corrected chi connectivity index (χ0v) is 9.86. The van der Waals surface area contributed by atoms with Gasteiger partial charge in [0.15, 0.2) is 0 Å². The van der Waals surface area contributed by atoms with Gasteiger partial charge in [0.1, 0.15) is 5.69 Å². The maximum atomic E-state index is 4.03. The van der Waals surface area contributed by atoms with Gasteiger partial charge >= 0.3 is 0 Å². The molecule has 0 saturated heterocycles. The second kappa shape index (κ2) is 4.35. The molecule has 0 saturated carbocycles. The molecule has 2 aromatic rings. The molecule has 1 aromatic heterocycles. The number of aromatic nitrogens is 3. The molecule has 1 heterocycles. The van der Waals surface area contributed by atoms with Gasteiger partial charge in [-0.2, -0.15) is 0 Å². The Bertz CT molecular complexity index is 467. The lowest BCUT2D eigenvalue weighted by Crippen LogP contribution is -2.00. The van der Waals surface area contributed by atoms with Crippen LogP contribution in [0.1, 0.15) is 16.8 Å². The third kappa shape index (κ3) is 2.59. The molecule has 0 amide bonds. The highest BCUT2D eigenvalue weighted by molar-refractivity contribution is 5.48. The standard InChI is InChI=1S/C12H16N4/c1-9-4-10(2)6-11(5-9)13-7-12-8-16(3)15-14-12/h4-6,8,13H,7H2,1-3H3. The van der Waals surface area contributed by atoms with Gasteiger partial charge in [0.25, 0.3) is 0 Å². The molecule has 0 radical (unpaired) electrons. The summed E-state index contributed by atoms with van der Waals surface area (Å²) in [6.45, 7) is 4.90. The summed E-state index contributed by atoms with van der Waals surface area (Å²) in [5, 5.41) is 11.3. The average Bonchev–Trinajstić information content (AvgIpc) is 2.60. The van der Waals surface area contributed by atoms with Crippen LogP contribution in [0.2, 0.25) is 0 Å². The molecule has 1 aromatic carbocycles. The zero-order chi connectivity index (χ0) is 11.5. The quantitative estimate of drug-likeness (QED) is 0.853. The summed E-state index contributed by atoms with van der Waals surface area (Å²) in [6.07, 6.45) is 1.91. The first-order valence-electron chi connectivity index (χ1n) is 5.31. The number of rotatable bonds is 3. The second-order valence-electron chi connectivity index (χ2n) is 4.11. The minimum atomic E-state index is 0.705. The number of aryl methyl sites for hydroxylation is 3. The van der Waals surface area contributed by atoms with E-state index in [2.05, 4.69) is 47.7 Å². The largest absolute Gasteiger partial charge is 0.379 e. The van der Waals surface area contributed by atoms with Gasteiger partial charge in [0.2, 0.25) is 0 Å². The van der Waals surface area contributed by atoms with Crippen LogP contribution in [0, 0.1) is 13.8 Å². The summed E-state index contributed by atoms with van der Waals surface area (Å²) in [4.78, 5) is 0. The lowest BCUT2D eigenvalue weighted by molar-refractivity contribution is 0.713. The van der Waals surface area contributed by atoms with Crippen LogP contribution in [0.3, 0.4) is 0 Å². The van der Waals surface area contributed by atoms with E-state index in [1.165, 1.54) is 11.1 Å². The van der Waals surface area contributed by atoms with Crippen LogP contribution < -0.4 is 5.32 Å².